The molecule has 0 spiro atoms. The summed E-state index contributed by atoms with van der Waals surface area (Å²) in [6.07, 6.45) is 1.50. The number of pyridine rings is 1. The van der Waals surface area contributed by atoms with Crippen molar-refractivity contribution in [1.82, 2.24) is 4.98 Å². The van der Waals surface area contributed by atoms with Crippen LogP contribution < -0.4 is 5.73 Å². The van der Waals surface area contributed by atoms with Gasteiger partial charge in [-0.25, -0.2) is 9.37 Å². The summed E-state index contributed by atoms with van der Waals surface area (Å²) in [5.74, 6) is 6.28. The Morgan fingerprint density at radius 1 is 1.30 bits per heavy atom. The third kappa shape index (κ3) is 4.13. The molecule has 27 heavy (non-hydrogen) atoms. The summed E-state index contributed by atoms with van der Waals surface area (Å²) in [5.41, 5.74) is 9.15. The summed E-state index contributed by atoms with van der Waals surface area (Å²) in [6, 6.07) is 8.74. The average molecular weight is 378 g/mol. The summed E-state index contributed by atoms with van der Waals surface area (Å²) in [6.45, 7) is 3.95. The van der Waals surface area contributed by atoms with Crippen LogP contribution in [0.15, 0.2) is 35.5 Å². The van der Waals surface area contributed by atoms with Crippen molar-refractivity contribution in [3.8, 4) is 17.9 Å². The van der Waals surface area contributed by atoms with Gasteiger partial charge in [0.1, 0.15) is 17.6 Å². The zero-order valence-corrected chi connectivity index (χ0v) is 16.1. The van der Waals surface area contributed by atoms with Gasteiger partial charge >= 0.3 is 0 Å². The SMILES string of the molecule is C/N=C(/N)SC1C(c2cc(C#Cc3ncc(C#N)cc3C)ccc2F)[C@@H]1C. The van der Waals surface area contributed by atoms with Crippen LogP contribution in [0.1, 0.15) is 40.8 Å². The Balaban J connectivity index is 1.85. The van der Waals surface area contributed by atoms with Crippen LogP contribution in [-0.2, 0) is 0 Å². The smallest absolute Gasteiger partial charge is 0.153 e. The Bertz CT molecular complexity index is 1010. The van der Waals surface area contributed by atoms with Crippen LogP contribution >= 0.6 is 11.8 Å². The van der Waals surface area contributed by atoms with Gasteiger partial charge in [-0.05, 0) is 54.2 Å². The van der Waals surface area contributed by atoms with Gasteiger partial charge in [-0.1, -0.05) is 24.6 Å². The maximum Gasteiger partial charge on any atom is 0.153 e. The Morgan fingerprint density at radius 3 is 2.74 bits per heavy atom. The molecule has 4 nitrogen and oxygen atoms in total. The topological polar surface area (TPSA) is 75.1 Å². The molecule has 1 saturated carbocycles. The molecule has 1 aliphatic rings. The molecule has 1 aromatic heterocycles. The third-order valence-corrected chi connectivity index (χ3v) is 6.08. The molecule has 1 heterocycles. The molecule has 0 bridgehead atoms. The number of nitrogens with two attached hydrogens (primary N) is 1. The van der Waals surface area contributed by atoms with E-state index in [1.54, 1.807) is 19.2 Å². The number of hydrogen-bond acceptors (Lipinski definition) is 4. The predicted octanol–water partition coefficient (Wildman–Crippen LogP) is 3.58. The van der Waals surface area contributed by atoms with Gasteiger partial charge in [0.2, 0.25) is 0 Å². The molecular formula is C21H19FN4S. The van der Waals surface area contributed by atoms with Crippen molar-refractivity contribution in [3.05, 3.63) is 64.2 Å². The Kier molecular flexibility index (Phi) is 5.48. The maximum absolute atomic E-state index is 14.4. The first-order chi connectivity index (χ1) is 12.9. The number of aryl methyl sites for hydroxylation is 1. The molecule has 0 radical (unpaired) electrons. The van der Waals surface area contributed by atoms with Gasteiger partial charge in [0.15, 0.2) is 5.17 Å². The minimum atomic E-state index is -0.222. The average Bonchev–Trinajstić information content (AvgIpc) is 3.29. The van der Waals surface area contributed by atoms with Crippen molar-refractivity contribution in [2.45, 2.75) is 25.0 Å². The lowest BCUT2D eigenvalue weighted by Gasteiger charge is -2.04. The fourth-order valence-corrected chi connectivity index (χ4v) is 4.25. The molecule has 2 unspecified atom stereocenters. The van der Waals surface area contributed by atoms with Crippen molar-refractivity contribution in [2.75, 3.05) is 7.05 Å². The Hall–Kier alpha value is -2.83. The van der Waals surface area contributed by atoms with Crippen molar-refractivity contribution in [2.24, 2.45) is 16.6 Å². The van der Waals surface area contributed by atoms with Gasteiger partial charge in [-0.3, -0.25) is 4.99 Å². The highest BCUT2D eigenvalue weighted by molar-refractivity contribution is 8.14. The maximum atomic E-state index is 14.4. The first-order valence-corrected chi connectivity index (χ1v) is 9.39. The molecule has 136 valence electrons. The van der Waals surface area contributed by atoms with Crippen LogP contribution in [0.2, 0.25) is 0 Å². The number of nitriles is 1. The van der Waals surface area contributed by atoms with E-state index in [1.165, 1.54) is 24.0 Å². The minimum absolute atomic E-state index is 0.104. The first-order valence-electron chi connectivity index (χ1n) is 8.51. The van der Waals surface area contributed by atoms with Gasteiger partial charge < -0.3 is 5.73 Å². The summed E-state index contributed by atoms with van der Waals surface area (Å²) >= 11 is 1.50. The fourth-order valence-electron chi connectivity index (χ4n) is 3.03. The zero-order valence-electron chi connectivity index (χ0n) is 15.3. The van der Waals surface area contributed by atoms with Crippen LogP contribution in [0.25, 0.3) is 0 Å². The van der Waals surface area contributed by atoms with Gasteiger partial charge in [0.25, 0.3) is 0 Å². The monoisotopic (exact) mass is 378 g/mol. The fraction of sp³-hybridized carbons (Fsp3) is 0.286. The van der Waals surface area contributed by atoms with E-state index in [2.05, 4.69) is 34.8 Å². The molecular weight excluding hydrogens is 359 g/mol. The number of halogens is 1. The second-order valence-electron chi connectivity index (χ2n) is 6.52. The van der Waals surface area contributed by atoms with E-state index in [1.807, 2.05) is 13.0 Å². The van der Waals surface area contributed by atoms with E-state index in [0.29, 0.717) is 27.9 Å². The molecule has 2 aromatic rings. The van der Waals surface area contributed by atoms with Crippen molar-refractivity contribution < 1.29 is 4.39 Å². The molecule has 0 amide bonds. The molecule has 1 fully saturated rings. The summed E-state index contributed by atoms with van der Waals surface area (Å²) in [7, 11) is 1.65. The molecule has 3 atom stereocenters. The number of amidine groups is 1. The molecule has 3 rings (SSSR count). The zero-order chi connectivity index (χ0) is 19.6. The molecule has 2 N–H and O–H groups in total. The van der Waals surface area contributed by atoms with Crippen molar-refractivity contribution in [1.29, 1.82) is 5.26 Å². The lowest BCUT2D eigenvalue weighted by Crippen LogP contribution is -2.07. The van der Waals surface area contributed by atoms with E-state index >= 15 is 0 Å². The number of aliphatic imine (C=N–C) groups is 1. The number of aromatic nitrogens is 1. The highest BCUT2D eigenvalue weighted by atomic mass is 32.2. The molecule has 6 heteroatoms. The number of nitrogens with zero attached hydrogens (tertiary/aromatic N) is 3. The number of thioether (sulfide) groups is 1. The van der Waals surface area contributed by atoms with Crippen LogP contribution in [0.3, 0.4) is 0 Å². The van der Waals surface area contributed by atoms with Crippen molar-refractivity contribution >= 4 is 16.9 Å². The normalized spacial score (nSPS) is 21.1. The van der Waals surface area contributed by atoms with Crippen LogP contribution in [0.4, 0.5) is 4.39 Å². The van der Waals surface area contributed by atoms with Crippen LogP contribution in [-0.4, -0.2) is 22.4 Å². The standard InChI is InChI=1S/C21H19FN4S/c1-12-8-15(10-23)11-26-18(12)7-5-14-4-6-17(22)16(9-14)19-13(2)20(19)27-21(24)25-3/h4,6,8-9,11,13,19-20H,1-3H3,(H2,24,25)/t13-,19?,20?/m0/s1. The molecule has 0 aliphatic heterocycles. The van der Waals surface area contributed by atoms with Gasteiger partial charge in [0, 0.05) is 30.0 Å². The first kappa shape index (κ1) is 18.9. The predicted molar refractivity (Wildman–Crippen MR) is 107 cm³/mol. The molecule has 0 saturated heterocycles. The van der Waals surface area contributed by atoms with Crippen molar-refractivity contribution in [3.63, 3.8) is 0 Å². The van der Waals surface area contributed by atoms with Gasteiger partial charge in [-0.2, -0.15) is 5.26 Å². The summed E-state index contributed by atoms with van der Waals surface area (Å²) in [4.78, 5) is 8.19. The Morgan fingerprint density at radius 2 is 2.07 bits per heavy atom. The quantitative estimate of drug-likeness (QED) is 0.492. The van der Waals surface area contributed by atoms with E-state index in [0.717, 1.165) is 11.1 Å². The highest BCUT2D eigenvalue weighted by Crippen LogP contribution is 2.55. The second-order valence-corrected chi connectivity index (χ2v) is 7.72. The van der Waals surface area contributed by atoms with Crippen LogP contribution in [0.5, 0.6) is 0 Å². The van der Waals surface area contributed by atoms with E-state index in [9.17, 15) is 4.39 Å². The summed E-state index contributed by atoms with van der Waals surface area (Å²) < 4.78 is 14.4. The number of rotatable bonds is 2. The number of hydrogen-bond donors (Lipinski definition) is 1. The Labute approximate surface area is 162 Å². The molecule has 1 aliphatic carbocycles. The van der Waals surface area contributed by atoms with E-state index < -0.39 is 0 Å². The largest absolute Gasteiger partial charge is 0.379 e. The van der Waals surface area contributed by atoms with Gasteiger partial charge in [-0.15, -0.1) is 0 Å². The van der Waals surface area contributed by atoms with Gasteiger partial charge in [0.05, 0.1) is 5.56 Å². The number of benzene rings is 1. The minimum Gasteiger partial charge on any atom is -0.379 e. The van der Waals surface area contributed by atoms with E-state index in [4.69, 9.17) is 11.0 Å². The summed E-state index contributed by atoms with van der Waals surface area (Å²) in [5, 5.41) is 9.66. The van der Waals surface area contributed by atoms with E-state index in [-0.39, 0.29) is 17.0 Å². The lowest BCUT2D eigenvalue weighted by atomic mass is 10.0. The van der Waals surface area contributed by atoms with Crippen LogP contribution in [0, 0.1) is 41.8 Å². The third-order valence-electron chi connectivity index (χ3n) is 4.66. The lowest BCUT2D eigenvalue weighted by molar-refractivity contribution is 0.607. The highest BCUT2D eigenvalue weighted by Gasteiger charge is 2.49. The second kappa shape index (κ2) is 7.82. The molecule has 1 aromatic carbocycles.